The molecule has 0 fully saturated rings. The van der Waals surface area contributed by atoms with Crippen LogP contribution in [0.25, 0.3) is 0 Å². The zero-order valence-corrected chi connectivity index (χ0v) is 10.5. The number of nitrogens with zero attached hydrogens (tertiary/aromatic N) is 1. The molecule has 0 radical (unpaired) electrons. The van der Waals surface area contributed by atoms with Gasteiger partial charge in [0.05, 0.1) is 11.1 Å². The molecule has 88 valence electrons. The molecule has 0 aromatic carbocycles. The summed E-state index contributed by atoms with van der Waals surface area (Å²) in [6.45, 7) is 0. The van der Waals surface area contributed by atoms with E-state index < -0.39 is 6.04 Å². The summed E-state index contributed by atoms with van der Waals surface area (Å²) in [4.78, 5) is 15.5. The highest BCUT2D eigenvalue weighted by atomic mass is 35.5. The van der Waals surface area contributed by atoms with E-state index in [-0.39, 0.29) is 5.91 Å². The number of rotatable bonds is 5. The molecular formula is C10H14ClN3OS. The third kappa shape index (κ3) is 4.38. The number of thioether (sulfide) groups is 1. The van der Waals surface area contributed by atoms with Crippen molar-refractivity contribution in [2.45, 2.75) is 12.5 Å². The van der Waals surface area contributed by atoms with E-state index in [2.05, 4.69) is 10.3 Å². The first-order valence-electron chi connectivity index (χ1n) is 4.80. The summed E-state index contributed by atoms with van der Waals surface area (Å²) in [5, 5.41) is 3.17. The van der Waals surface area contributed by atoms with Gasteiger partial charge in [0.15, 0.2) is 0 Å². The number of carbonyl (C=O) groups is 1. The topological polar surface area (TPSA) is 68.0 Å². The molecule has 1 aromatic heterocycles. The van der Waals surface area contributed by atoms with Gasteiger partial charge in [0.25, 0.3) is 0 Å². The van der Waals surface area contributed by atoms with E-state index in [9.17, 15) is 4.79 Å². The highest BCUT2D eigenvalue weighted by Crippen LogP contribution is 2.10. The van der Waals surface area contributed by atoms with E-state index in [0.29, 0.717) is 17.3 Å². The average Bonchev–Trinajstić information content (AvgIpc) is 2.29. The Balaban J connectivity index is 2.47. The van der Waals surface area contributed by atoms with Crippen LogP contribution in [0.4, 0.5) is 5.82 Å². The van der Waals surface area contributed by atoms with Crippen LogP contribution in [0.1, 0.15) is 6.42 Å². The van der Waals surface area contributed by atoms with Gasteiger partial charge in [0, 0.05) is 6.20 Å². The molecule has 16 heavy (non-hydrogen) atoms. The zero-order chi connectivity index (χ0) is 12.0. The Labute approximate surface area is 104 Å². The molecule has 0 aliphatic rings. The first-order chi connectivity index (χ1) is 7.63. The normalized spacial score (nSPS) is 12.2. The van der Waals surface area contributed by atoms with Crippen molar-refractivity contribution in [2.75, 3.05) is 17.3 Å². The molecule has 1 atom stereocenters. The van der Waals surface area contributed by atoms with Crippen LogP contribution in [0.5, 0.6) is 0 Å². The maximum absolute atomic E-state index is 11.6. The first kappa shape index (κ1) is 13.3. The second-order valence-corrected chi connectivity index (χ2v) is 4.66. The monoisotopic (exact) mass is 259 g/mol. The molecule has 4 nitrogen and oxygen atoms in total. The van der Waals surface area contributed by atoms with Crippen LogP contribution >= 0.6 is 23.4 Å². The number of halogens is 1. The van der Waals surface area contributed by atoms with Crippen molar-refractivity contribution < 1.29 is 4.79 Å². The van der Waals surface area contributed by atoms with Gasteiger partial charge in [-0.3, -0.25) is 4.79 Å². The van der Waals surface area contributed by atoms with Gasteiger partial charge in [-0.2, -0.15) is 11.8 Å². The maximum atomic E-state index is 11.6. The summed E-state index contributed by atoms with van der Waals surface area (Å²) in [5.74, 6) is 1.11. The summed E-state index contributed by atoms with van der Waals surface area (Å²) >= 11 is 7.34. The number of aromatic nitrogens is 1. The Bertz CT molecular complexity index is 344. The molecule has 0 aliphatic carbocycles. The van der Waals surface area contributed by atoms with Crippen molar-refractivity contribution in [1.29, 1.82) is 0 Å². The van der Waals surface area contributed by atoms with Gasteiger partial charge in [-0.25, -0.2) is 4.98 Å². The van der Waals surface area contributed by atoms with E-state index in [1.165, 1.54) is 6.20 Å². The predicted molar refractivity (Wildman–Crippen MR) is 68.9 cm³/mol. The van der Waals surface area contributed by atoms with Crippen LogP contribution in [0.2, 0.25) is 5.02 Å². The fourth-order valence-electron chi connectivity index (χ4n) is 1.04. The Morgan fingerprint density at radius 1 is 1.69 bits per heavy atom. The molecule has 6 heteroatoms. The average molecular weight is 260 g/mol. The van der Waals surface area contributed by atoms with Crippen molar-refractivity contribution in [3.63, 3.8) is 0 Å². The molecule has 1 aromatic rings. The first-order valence-corrected chi connectivity index (χ1v) is 6.57. The third-order valence-corrected chi connectivity index (χ3v) is 2.82. The summed E-state index contributed by atoms with van der Waals surface area (Å²) < 4.78 is 0. The highest BCUT2D eigenvalue weighted by Gasteiger charge is 2.13. The number of anilines is 1. The summed E-state index contributed by atoms with van der Waals surface area (Å²) in [6, 6.07) is 2.81. The highest BCUT2D eigenvalue weighted by molar-refractivity contribution is 7.98. The number of nitrogens with two attached hydrogens (primary N) is 1. The number of pyridine rings is 1. The number of hydrogen-bond acceptors (Lipinski definition) is 4. The molecule has 1 amide bonds. The fraction of sp³-hybridized carbons (Fsp3) is 0.400. The van der Waals surface area contributed by atoms with Crippen molar-refractivity contribution in [2.24, 2.45) is 5.73 Å². The lowest BCUT2D eigenvalue weighted by atomic mass is 10.2. The number of amides is 1. The van der Waals surface area contributed by atoms with Gasteiger partial charge in [-0.1, -0.05) is 11.6 Å². The van der Waals surface area contributed by atoms with Gasteiger partial charge < -0.3 is 11.1 Å². The standard InChI is InChI=1S/C10H14ClN3OS/c1-16-5-4-8(12)10(15)14-9-3-2-7(11)6-13-9/h2-3,6,8H,4-5,12H2,1H3,(H,13,14,15)/t8-/m1/s1. The second-order valence-electron chi connectivity index (χ2n) is 3.24. The summed E-state index contributed by atoms with van der Waals surface area (Å²) in [6.07, 6.45) is 4.11. The van der Waals surface area contributed by atoms with E-state index >= 15 is 0 Å². The summed E-state index contributed by atoms with van der Waals surface area (Å²) in [5.41, 5.74) is 5.70. The van der Waals surface area contributed by atoms with E-state index in [4.69, 9.17) is 17.3 Å². The number of nitrogens with one attached hydrogen (secondary N) is 1. The zero-order valence-electron chi connectivity index (χ0n) is 8.94. The molecule has 1 heterocycles. The quantitative estimate of drug-likeness (QED) is 0.846. The minimum atomic E-state index is -0.495. The minimum Gasteiger partial charge on any atom is -0.320 e. The number of carbonyl (C=O) groups excluding carboxylic acids is 1. The lowest BCUT2D eigenvalue weighted by Gasteiger charge is -2.10. The predicted octanol–water partition coefficient (Wildman–Crippen LogP) is 1.75. The smallest absolute Gasteiger partial charge is 0.242 e. The van der Waals surface area contributed by atoms with Crippen LogP contribution < -0.4 is 11.1 Å². The molecule has 0 saturated carbocycles. The van der Waals surface area contributed by atoms with Crippen LogP contribution in [-0.2, 0) is 4.79 Å². The molecule has 1 rings (SSSR count). The second kappa shape index (κ2) is 6.73. The van der Waals surface area contributed by atoms with Gasteiger partial charge >= 0.3 is 0 Å². The van der Waals surface area contributed by atoms with Crippen molar-refractivity contribution >= 4 is 35.1 Å². The van der Waals surface area contributed by atoms with Crippen molar-refractivity contribution in [1.82, 2.24) is 4.98 Å². The molecular weight excluding hydrogens is 246 g/mol. The molecule has 0 unspecified atom stereocenters. The van der Waals surface area contributed by atoms with Crippen LogP contribution in [0.3, 0.4) is 0 Å². The molecule has 3 N–H and O–H groups in total. The largest absolute Gasteiger partial charge is 0.320 e. The number of hydrogen-bond donors (Lipinski definition) is 2. The van der Waals surface area contributed by atoms with E-state index in [0.717, 1.165) is 5.75 Å². The molecule has 0 bridgehead atoms. The SMILES string of the molecule is CSCC[C@@H](N)C(=O)Nc1ccc(Cl)cn1. The minimum absolute atomic E-state index is 0.219. The fourth-order valence-corrected chi connectivity index (χ4v) is 1.65. The van der Waals surface area contributed by atoms with Crippen LogP contribution in [0.15, 0.2) is 18.3 Å². The lowest BCUT2D eigenvalue weighted by Crippen LogP contribution is -2.36. The van der Waals surface area contributed by atoms with Gasteiger partial charge in [0.2, 0.25) is 5.91 Å². The van der Waals surface area contributed by atoms with E-state index in [1.54, 1.807) is 23.9 Å². The Kier molecular flexibility index (Phi) is 5.59. The Hall–Kier alpha value is -0.780. The van der Waals surface area contributed by atoms with Gasteiger partial charge in [0.1, 0.15) is 5.82 Å². The molecule has 0 saturated heterocycles. The maximum Gasteiger partial charge on any atom is 0.242 e. The van der Waals surface area contributed by atoms with Crippen molar-refractivity contribution in [3.8, 4) is 0 Å². The van der Waals surface area contributed by atoms with Crippen LogP contribution in [0, 0.1) is 0 Å². The molecule has 0 spiro atoms. The van der Waals surface area contributed by atoms with E-state index in [1.807, 2.05) is 6.26 Å². The lowest BCUT2D eigenvalue weighted by molar-refractivity contribution is -0.117. The van der Waals surface area contributed by atoms with Gasteiger partial charge in [-0.15, -0.1) is 0 Å². The van der Waals surface area contributed by atoms with Gasteiger partial charge in [-0.05, 0) is 30.6 Å². The van der Waals surface area contributed by atoms with Crippen molar-refractivity contribution in [3.05, 3.63) is 23.4 Å². The Morgan fingerprint density at radius 2 is 2.44 bits per heavy atom. The molecule has 0 aliphatic heterocycles. The Morgan fingerprint density at radius 3 is 3.00 bits per heavy atom. The third-order valence-electron chi connectivity index (χ3n) is 1.95. The van der Waals surface area contributed by atoms with Crippen LogP contribution in [-0.4, -0.2) is 28.9 Å². The summed E-state index contributed by atoms with van der Waals surface area (Å²) in [7, 11) is 0.